The monoisotopic (exact) mass is 303 g/mol. The van der Waals surface area contributed by atoms with Gasteiger partial charge in [-0.3, -0.25) is 9.97 Å². The van der Waals surface area contributed by atoms with Gasteiger partial charge in [-0.05, 0) is 42.8 Å². The Bertz CT molecular complexity index is 959. The number of fused-ring (bicyclic) bond motifs is 1. The average molecular weight is 303 g/mol. The molecule has 4 aromatic rings. The van der Waals surface area contributed by atoms with Crippen molar-refractivity contribution in [1.82, 2.24) is 15.0 Å². The molecule has 0 spiro atoms. The van der Waals surface area contributed by atoms with Crippen LogP contribution < -0.4 is 0 Å². The lowest BCUT2D eigenvalue weighted by Gasteiger charge is -2.05. The second kappa shape index (κ2) is 5.31. The number of aryl methyl sites for hydroxylation is 1. The van der Waals surface area contributed by atoms with Crippen LogP contribution in [0.25, 0.3) is 32.7 Å². The Kier molecular flexibility index (Phi) is 3.16. The maximum Gasteiger partial charge on any atom is 0.107 e. The van der Waals surface area contributed by atoms with E-state index >= 15 is 0 Å². The van der Waals surface area contributed by atoms with E-state index in [-0.39, 0.29) is 0 Å². The van der Waals surface area contributed by atoms with Crippen LogP contribution >= 0.6 is 11.3 Å². The molecule has 22 heavy (non-hydrogen) atoms. The standard InChI is InChI=1S/C18H13N3S/c1-12-4-2-6-16(21-12)17-18(22-11-20-17)14-7-8-15-13(10-14)5-3-9-19-15/h2-11H,1H3. The number of hydrogen-bond donors (Lipinski definition) is 0. The summed E-state index contributed by atoms with van der Waals surface area (Å²) in [6.07, 6.45) is 1.82. The molecule has 3 nitrogen and oxygen atoms in total. The van der Waals surface area contributed by atoms with E-state index in [1.165, 1.54) is 0 Å². The van der Waals surface area contributed by atoms with Crippen LogP contribution in [0.3, 0.4) is 0 Å². The van der Waals surface area contributed by atoms with Gasteiger partial charge in [-0.25, -0.2) is 4.98 Å². The summed E-state index contributed by atoms with van der Waals surface area (Å²) >= 11 is 1.64. The van der Waals surface area contributed by atoms with E-state index in [0.29, 0.717) is 0 Å². The van der Waals surface area contributed by atoms with Crippen LogP contribution in [0, 0.1) is 6.92 Å². The average Bonchev–Trinajstić information content (AvgIpc) is 3.04. The van der Waals surface area contributed by atoms with Gasteiger partial charge in [0, 0.05) is 17.3 Å². The highest BCUT2D eigenvalue weighted by molar-refractivity contribution is 7.13. The first-order chi connectivity index (χ1) is 10.8. The fourth-order valence-electron chi connectivity index (χ4n) is 2.53. The lowest BCUT2D eigenvalue weighted by molar-refractivity contribution is 1.19. The first-order valence-electron chi connectivity index (χ1n) is 7.04. The number of hydrogen-bond acceptors (Lipinski definition) is 4. The second-order valence-corrected chi connectivity index (χ2v) is 5.96. The van der Waals surface area contributed by atoms with Crippen LogP contribution in [0.4, 0.5) is 0 Å². The Morgan fingerprint density at radius 3 is 2.82 bits per heavy atom. The molecule has 0 amide bonds. The molecule has 3 heterocycles. The summed E-state index contributed by atoms with van der Waals surface area (Å²) in [5, 5.41) is 1.14. The van der Waals surface area contributed by atoms with Gasteiger partial charge in [0.15, 0.2) is 0 Å². The van der Waals surface area contributed by atoms with E-state index in [1.54, 1.807) is 11.3 Å². The molecule has 4 heteroatoms. The van der Waals surface area contributed by atoms with Crippen molar-refractivity contribution in [3.8, 4) is 21.8 Å². The molecular formula is C18H13N3S. The maximum absolute atomic E-state index is 4.60. The van der Waals surface area contributed by atoms with E-state index in [0.717, 1.165) is 38.4 Å². The van der Waals surface area contributed by atoms with Gasteiger partial charge in [0.25, 0.3) is 0 Å². The smallest absolute Gasteiger partial charge is 0.107 e. The van der Waals surface area contributed by atoms with Crippen LogP contribution in [-0.4, -0.2) is 15.0 Å². The molecule has 0 N–H and O–H groups in total. The summed E-state index contributed by atoms with van der Waals surface area (Å²) in [6.45, 7) is 2.00. The number of benzene rings is 1. The normalized spacial score (nSPS) is 11.0. The highest BCUT2D eigenvalue weighted by Crippen LogP contribution is 2.35. The number of rotatable bonds is 2. The van der Waals surface area contributed by atoms with Gasteiger partial charge < -0.3 is 0 Å². The molecule has 0 radical (unpaired) electrons. The molecule has 106 valence electrons. The Labute approximate surface area is 132 Å². The minimum absolute atomic E-state index is 0.919. The highest BCUT2D eigenvalue weighted by Gasteiger charge is 2.12. The Morgan fingerprint density at radius 1 is 0.955 bits per heavy atom. The Morgan fingerprint density at radius 2 is 1.91 bits per heavy atom. The van der Waals surface area contributed by atoms with Gasteiger partial charge in [-0.1, -0.05) is 18.2 Å². The minimum atomic E-state index is 0.919. The zero-order valence-electron chi connectivity index (χ0n) is 12.0. The van der Waals surface area contributed by atoms with E-state index < -0.39 is 0 Å². The van der Waals surface area contributed by atoms with Gasteiger partial charge in [-0.15, -0.1) is 11.3 Å². The molecule has 1 aromatic carbocycles. The molecule has 0 saturated carbocycles. The first-order valence-corrected chi connectivity index (χ1v) is 7.92. The largest absolute Gasteiger partial charge is 0.256 e. The zero-order chi connectivity index (χ0) is 14.9. The predicted octanol–water partition coefficient (Wildman–Crippen LogP) is 4.73. The first kappa shape index (κ1) is 13.1. The highest BCUT2D eigenvalue weighted by atomic mass is 32.1. The summed E-state index contributed by atoms with van der Waals surface area (Å²) in [5.74, 6) is 0. The Balaban J connectivity index is 1.87. The fourth-order valence-corrected chi connectivity index (χ4v) is 3.32. The molecule has 0 fully saturated rings. The predicted molar refractivity (Wildman–Crippen MR) is 90.8 cm³/mol. The van der Waals surface area contributed by atoms with Gasteiger partial charge in [0.1, 0.15) is 5.69 Å². The molecule has 3 aromatic heterocycles. The van der Waals surface area contributed by atoms with E-state index in [9.17, 15) is 0 Å². The van der Waals surface area contributed by atoms with Crippen molar-refractivity contribution in [2.75, 3.05) is 0 Å². The molecule has 0 aliphatic rings. The van der Waals surface area contributed by atoms with E-state index in [2.05, 4.69) is 39.2 Å². The van der Waals surface area contributed by atoms with Crippen molar-refractivity contribution in [3.63, 3.8) is 0 Å². The van der Waals surface area contributed by atoms with E-state index in [1.807, 2.05) is 42.9 Å². The van der Waals surface area contributed by atoms with Gasteiger partial charge >= 0.3 is 0 Å². The maximum atomic E-state index is 4.60. The molecule has 0 unspecified atom stereocenters. The number of nitrogens with zero attached hydrogens (tertiary/aromatic N) is 3. The molecule has 0 bridgehead atoms. The third-order valence-corrected chi connectivity index (χ3v) is 4.44. The number of pyridine rings is 2. The summed E-state index contributed by atoms with van der Waals surface area (Å²) in [5.41, 5.74) is 6.90. The quantitative estimate of drug-likeness (QED) is 0.537. The molecular weight excluding hydrogens is 290 g/mol. The van der Waals surface area contributed by atoms with E-state index in [4.69, 9.17) is 0 Å². The van der Waals surface area contributed by atoms with Crippen LogP contribution in [-0.2, 0) is 0 Å². The number of thiazole rings is 1. The molecule has 0 atom stereocenters. The number of aromatic nitrogens is 3. The van der Waals surface area contributed by atoms with Gasteiger partial charge in [0.05, 0.1) is 21.6 Å². The van der Waals surface area contributed by atoms with Gasteiger partial charge in [0.2, 0.25) is 0 Å². The SMILES string of the molecule is Cc1cccc(-c2ncsc2-c2ccc3ncccc3c2)n1. The lowest BCUT2D eigenvalue weighted by atomic mass is 10.1. The van der Waals surface area contributed by atoms with Crippen LogP contribution in [0.5, 0.6) is 0 Å². The van der Waals surface area contributed by atoms with Crippen molar-refractivity contribution in [2.24, 2.45) is 0 Å². The summed E-state index contributed by atoms with van der Waals surface area (Å²) in [4.78, 5) is 14.6. The second-order valence-electron chi connectivity index (χ2n) is 5.11. The van der Waals surface area contributed by atoms with Crippen LogP contribution in [0.1, 0.15) is 5.69 Å². The zero-order valence-corrected chi connectivity index (χ0v) is 12.8. The van der Waals surface area contributed by atoms with Crippen molar-refractivity contribution in [1.29, 1.82) is 0 Å². The topological polar surface area (TPSA) is 38.7 Å². The van der Waals surface area contributed by atoms with Crippen molar-refractivity contribution >= 4 is 22.2 Å². The molecule has 4 rings (SSSR count). The van der Waals surface area contributed by atoms with Crippen molar-refractivity contribution < 1.29 is 0 Å². The minimum Gasteiger partial charge on any atom is -0.256 e. The van der Waals surface area contributed by atoms with Gasteiger partial charge in [-0.2, -0.15) is 0 Å². The van der Waals surface area contributed by atoms with Crippen LogP contribution in [0.15, 0.2) is 60.2 Å². The van der Waals surface area contributed by atoms with Crippen LogP contribution in [0.2, 0.25) is 0 Å². The third-order valence-electron chi connectivity index (χ3n) is 3.56. The third kappa shape index (κ3) is 2.27. The van der Waals surface area contributed by atoms with Crippen molar-refractivity contribution in [3.05, 3.63) is 65.9 Å². The molecule has 0 aliphatic heterocycles. The summed E-state index contributed by atoms with van der Waals surface area (Å²) in [6, 6.07) is 16.4. The Hall–Kier alpha value is -2.59. The molecule has 0 aliphatic carbocycles. The summed E-state index contributed by atoms with van der Waals surface area (Å²) in [7, 11) is 0. The van der Waals surface area contributed by atoms with Crippen molar-refractivity contribution in [2.45, 2.75) is 6.92 Å². The molecule has 0 saturated heterocycles. The lowest BCUT2D eigenvalue weighted by Crippen LogP contribution is -1.88. The fraction of sp³-hybridized carbons (Fsp3) is 0.0556. The summed E-state index contributed by atoms with van der Waals surface area (Å²) < 4.78 is 0.